The van der Waals surface area contributed by atoms with Crippen molar-refractivity contribution >= 4 is 39.8 Å². The minimum Gasteiger partial charge on any atom is -0.491 e. The van der Waals surface area contributed by atoms with Gasteiger partial charge in [0.05, 0.1) is 12.3 Å². The van der Waals surface area contributed by atoms with Gasteiger partial charge in [-0.05, 0) is 38.3 Å². The number of rotatable bonds is 8. The fourth-order valence-electron chi connectivity index (χ4n) is 2.24. The molecule has 0 heterocycles. The molecule has 0 aliphatic heterocycles. The highest BCUT2D eigenvalue weighted by Crippen LogP contribution is 2.21. The minimum atomic E-state index is -2.94. The van der Waals surface area contributed by atoms with Crippen LogP contribution in [-0.4, -0.2) is 52.6 Å². The number of halogens is 1. The van der Waals surface area contributed by atoms with Crippen LogP contribution in [0.5, 0.6) is 5.75 Å². The second-order valence-electron chi connectivity index (χ2n) is 6.03. The van der Waals surface area contributed by atoms with Crippen molar-refractivity contribution in [2.75, 3.05) is 32.2 Å². The molecule has 2 N–H and O–H groups in total. The van der Waals surface area contributed by atoms with Crippen LogP contribution >= 0.6 is 24.0 Å². The number of hydrogen-bond acceptors (Lipinski definition) is 4. The Bertz CT molecular complexity index is 643. The third-order valence-corrected chi connectivity index (χ3v) is 4.56. The summed E-state index contributed by atoms with van der Waals surface area (Å²) in [7, 11) is -1.26. The van der Waals surface area contributed by atoms with Crippen LogP contribution in [0, 0.1) is 13.8 Å². The van der Waals surface area contributed by atoms with Crippen LogP contribution in [0.2, 0.25) is 0 Å². The monoisotopic (exact) mass is 483 g/mol. The molecule has 8 heteroatoms. The minimum absolute atomic E-state index is 0. The van der Waals surface area contributed by atoms with Gasteiger partial charge in [-0.3, -0.25) is 4.99 Å². The maximum absolute atomic E-state index is 11.2. The smallest absolute Gasteiger partial charge is 0.191 e. The van der Waals surface area contributed by atoms with E-state index < -0.39 is 9.84 Å². The molecular weight excluding hydrogens is 453 g/mol. The molecule has 1 atom stereocenters. The van der Waals surface area contributed by atoms with Crippen molar-refractivity contribution in [2.45, 2.75) is 33.2 Å². The number of nitrogens with one attached hydrogen (secondary N) is 2. The first kappa shape index (κ1) is 24.0. The highest BCUT2D eigenvalue weighted by molar-refractivity contribution is 14.0. The van der Waals surface area contributed by atoms with Crippen LogP contribution in [0.25, 0.3) is 0 Å². The number of para-hydroxylation sites is 1. The molecule has 0 saturated carbocycles. The quantitative estimate of drug-likeness (QED) is 0.257. The maximum Gasteiger partial charge on any atom is 0.191 e. The summed E-state index contributed by atoms with van der Waals surface area (Å²) in [4.78, 5) is 4.14. The van der Waals surface area contributed by atoms with E-state index in [1.165, 1.54) is 6.26 Å². The summed E-state index contributed by atoms with van der Waals surface area (Å²) < 4.78 is 28.2. The van der Waals surface area contributed by atoms with E-state index in [0.29, 0.717) is 25.5 Å². The number of guanidine groups is 1. The first-order valence-electron chi connectivity index (χ1n) is 8.07. The van der Waals surface area contributed by atoms with Gasteiger partial charge in [0.1, 0.15) is 22.2 Å². The van der Waals surface area contributed by atoms with Crippen LogP contribution in [0.3, 0.4) is 0 Å². The molecular formula is C17H30IN3O3S. The SMILES string of the molecule is CN=C(NCCOc1c(C)cccc1C)NC(C)CCS(C)(=O)=O.I. The number of sulfone groups is 1. The van der Waals surface area contributed by atoms with E-state index in [2.05, 4.69) is 15.6 Å². The Morgan fingerprint density at radius 3 is 2.40 bits per heavy atom. The number of nitrogens with zero attached hydrogens (tertiary/aromatic N) is 1. The van der Waals surface area contributed by atoms with Crippen molar-refractivity contribution in [1.82, 2.24) is 10.6 Å². The number of aliphatic imine (C=N–C) groups is 1. The molecule has 0 aromatic heterocycles. The van der Waals surface area contributed by atoms with Gasteiger partial charge in [0, 0.05) is 19.3 Å². The zero-order chi connectivity index (χ0) is 18.2. The lowest BCUT2D eigenvalue weighted by Gasteiger charge is -2.18. The van der Waals surface area contributed by atoms with Gasteiger partial charge in [-0.15, -0.1) is 24.0 Å². The fraction of sp³-hybridized carbons (Fsp3) is 0.588. The van der Waals surface area contributed by atoms with Crippen molar-refractivity contribution in [3.05, 3.63) is 29.3 Å². The van der Waals surface area contributed by atoms with Gasteiger partial charge in [0.15, 0.2) is 5.96 Å². The number of aryl methyl sites for hydroxylation is 2. The van der Waals surface area contributed by atoms with Crippen LogP contribution in [0.4, 0.5) is 0 Å². The lowest BCUT2D eigenvalue weighted by molar-refractivity contribution is 0.317. The molecule has 0 bridgehead atoms. The summed E-state index contributed by atoms with van der Waals surface area (Å²) >= 11 is 0. The summed E-state index contributed by atoms with van der Waals surface area (Å²) in [6.45, 7) is 7.11. The molecule has 0 amide bonds. The lowest BCUT2D eigenvalue weighted by Crippen LogP contribution is -2.44. The fourth-order valence-corrected chi connectivity index (χ4v) is 3.02. The second-order valence-corrected chi connectivity index (χ2v) is 8.29. The highest BCUT2D eigenvalue weighted by Gasteiger charge is 2.09. The molecule has 25 heavy (non-hydrogen) atoms. The van der Waals surface area contributed by atoms with E-state index in [1.807, 2.05) is 39.0 Å². The standard InChI is InChI=1S/C17H29N3O3S.HI/c1-13-7-6-8-14(2)16(13)23-11-10-19-17(18-4)20-15(3)9-12-24(5,21)22;/h6-8,15H,9-12H2,1-5H3,(H2,18,19,20);1H. The summed E-state index contributed by atoms with van der Waals surface area (Å²) in [5.74, 6) is 1.72. The summed E-state index contributed by atoms with van der Waals surface area (Å²) in [5, 5.41) is 6.35. The Balaban J connectivity index is 0.00000576. The molecule has 1 rings (SSSR count). The Labute approximate surface area is 168 Å². The van der Waals surface area contributed by atoms with Gasteiger partial charge in [0.2, 0.25) is 0 Å². The van der Waals surface area contributed by atoms with Crippen molar-refractivity contribution in [1.29, 1.82) is 0 Å². The molecule has 0 aliphatic rings. The third-order valence-electron chi connectivity index (χ3n) is 3.58. The van der Waals surface area contributed by atoms with Crippen LogP contribution in [0.15, 0.2) is 23.2 Å². The summed E-state index contributed by atoms with van der Waals surface area (Å²) in [6, 6.07) is 6.09. The van der Waals surface area contributed by atoms with E-state index in [1.54, 1.807) is 7.05 Å². The van der Waals surface area contributed by atoms with E-state index in [9.17, 15) is 8.42 Å². The first-order chi connectivity index (χ1) is 11.2. The van der Waals surface area contributed by atoms with Crippen molar-refractivity contribution in [2.24, 2.45) is 4.99 Å². The zero-order valence-corrected chi connectivity index (χ0v) is 18.8. The predicted octanol–water partition coefficient (Wildman–Crippen LogP) is 2.29. The first-order valence-corrected chi connectivity index (χ1v) is 10.1. The van der Waals surface area contributed by atoms with E-state index in [-0.39, 0.29) is 35.8 Å². The largest absolute Gasteiger partial charge is 0.491 e. The number of hydrogen-bond donors (Lipinski definition) is 2. The van der Waals surface area contributed by atoms with Gasteiger partial charge >= 0.3 is 0 Å². The Hall–Kier alpha value is -1.03. The van der Waals surface area contributed by atoms with Crippen molar-refractivity contribution in [3.8, 4) is 5.75 Å². The molecule has 0 aliphatic carbocycles. The molecule has 1 aromatic carbocycles. The van der Waals surface area contributed by atoms with Gasteiger partial charge in [0.25, 0.3) is 0 Å². The van der Waals surface area contributed by atoms with Gasteiger partial charge < -0.3 is 15.4 Å². The summed E-state index contributed by atoms with van der Waals surface area (Å²) in [5.41, 5.74) is 2.24. The topological polar surface area (TPSA) is 79.8 Å². The number of ether oxygens (including phenoxy) is 1. The Morgan fingerprint density at radius 1 is 1.28 bits per heavy atom. The molecule has 6 nitrogen and oxygen atoms in total. The van der Waals surface area contributed by atoms with E-state index in [4.69, 9.17) is 4.74 Å². The number of benzene rings is 1. The zero-order valence-electron chi connectivity index (χ0n) is 15.6. The molecule has 0 spiro atoms. The van der Waals surface area contributed by atoms with Gasteiger partial charge in [-0.25, -0.2) is 8.42 Å². The molecule has 0 saturated heterocycles. The maximum atomic E-state index is 11.2. The van der Waals surface area contributed by atoms with Gasteiger partial charge in [-0.2, -0.15) is 0 Å². The van der Waals surface area contributed by atoms with Crippen molar-refractivity contribution < 1.29 is 13.2 Å². The van der Waals surface area contributed by atoms with Gasteiger partial charge in [-0.1, -0.05) is 18.2 Å². The van der Waals surface area contributed by atoms with Crippen molar-refractivity contribution in [3.63, 3.8) is 0 Å². The van der Waals surface area contributed by atoms with Crippen LogP contribution in [0.1, 0.15) is 24.5 Å². The Kier molecular flexibility index (Phi) is 11.1. The lowest BCUT2D eigenvalue weighted by atomic mass is 10.1. The average molecular weight is 483 g/mol. The predicted molar refractivity (Wildman–Crippen MR) is 115 cm³/mol. The van der Waals surface area contributed by atoms with Crippen LogP contribution < -0.4 is 15.4 Å². The molecule has 0 fully saturated rings. The summed E-state index contributed by atoms with van der Waals surface area (Å²) in [6.07, 6.45) is 1.79. The van der Waals surface area contributed by atoms with Crippen LogP contribution in [-0.2, 0) is 9.84 Å². The average Bonchev–Trinajstić information content (AvgIpc) is 2.50. The highest BCUT2D eigenvalue weighted by atomic mass is 127. The second kappa shape index (κ2) is 11.6. The molecule has 144 valence electrons. The normalized spacial score (nSPS) is 12.9. The third kappa shape index (κ3) is 9.88. The molecule has 0 radical (unpaired) electrons. The van der Waals surface area contributed by atoms with E-state index >= 15 is 0 Å². The molecule has 1 unspecified atom stereocenters. The molecule has 1 aromatic rings. The van der Waals surface area contributed by atoms with E-state index in [0.717, 1.165) is 16.9 Å². The Morgan fingerprint density at radius 2 is 1.88 bits per heavy atom.